The Morgan fingerprint density at radius 2 is 1.85 bits per heavy atom. The van der Waals surface area contributed by atoms with Crippen molar-refractivity contribution in [3.05, 3.63) is 59.2 Å². The molecule has 33 heavy (non-hydrogen) atoms. The van der Waals surface area contributed by atoms with Crippen molar-refractivity contribution in [1.29, 1.82) is 0 Å². The molecule has 1 aliphatic heterocycles. The van der Waals surface area contributed by atoms with Crippen LogP contribution >= 0.6 is 22.9 Å². The molecule has 2 aromatic carbocycles. The summed E-state index contributed by atoms with van der Waals surface area (Å²) in [6.07, 6.45) is 1.81. The lowest BCUT2D eigenvalue weighted by Crippen LogP contribution is -2.54. The van der Waals surface area contributed by atoms with Gasteiger partial charge in [0.25, 0.3) is 10.0 Å². The summed E-state index contributed by atoms with van der Waals surface area (Å²) in [5.74, 6) is 0. The van der Waals surface area contributed by atoms with Crippen LogP contribution < -0.4 is 14.9 Å². The number of thiophene rings is 1. The molecule has 2 atom stereocenters. The van der Waals surface area contributed by atoms with E-state index in [9.17, 15) is 8.42 Å². The van der Waals surface area contributed by atoms with Crippen molar-refractivity contribution < 1.29 is 8.42 Å². The monoisotopic (exact) mass is 500 g/mol. The molecular formula is C24H25ClN4O2S2. The van der Waals surface area contributed by atoms with Gasteiger partial charge < -0.3 is 10.2 Å². The molecule has 0 aliphatic carbocycles. The highest BCUT2D eigenvalue weighted by atomic mass is 35.5. The molecule has 3 heterocycles. The number of piperazine rings is 1. The third kappa shape index (κ3) is 4.28. The standard InChI is InChI=1S/C24H25ClN4O2S2/c1-14-12-29(13-15(2)27-14)22-8-9-26-21-6-5-18(11-20(21)22)28-33(30,31)24-16(3)19-10-17(25)4-7-23(19)32-24/h4-11,14-15,27-28H,12-13H2,1-3H3. The van der Waals surface area contributed by atoms with Crippen LogP contribution in [-0.2, 0) is 10.0 Å². The number of pyridine rings is 1. The van der Waals surface area contributed by atoms with Gasteiger partial charge in [-0.3, -0.25) is 9.71 Å². The van der Waals surface area contributed by atoms with Crippen LogP contribution in [0.1, 0.15) is 19.4 Å². The lowest BCUT2D eigenvalue weighted by molar-refractivity contribution is 0.407. The summed E-state index contributed by atoms with van der Waals surface area (Å²) in [6.45, 7) is 7.92. The lowest BCUT2D eigenvalue weighted by atomic mass is 10.1. The number of nitrogens with one attached hydrogen (secondary N) is 2. The summed E-state index contributed by atoms with van der Waals surface area (Å²) in [7, 11) is -3.76. The first-order chi connectivity index (χ1) is 15.7. The number of anilines is 2. The predicted molar refractivity (Wildman–Crippen MR) is 138 cm³/mol. The van der Waals surface area contributed by atoms with Gasteiger partial charge in [-0.2, -0.15) is 0 Å². The van der Waals surface area contributed by atoms with Crippen LogP contribution in [0, 0.1) is 6.92 Å². The Kier molecular flexibility index (Phi) is 5.73. The summed E-state index contributed by atoms with van der Waals surface area (Å²) in [6, 6.07) is 13.7. The van der Waals surface area contributed by atoms with E-state index in [0.717, 1.165) is 39.8 Å². The van der Waals surface area contributed by atoms with E-state index in [1.54, 1.807) is 12.1 Å². The second-order valence-corrected chi connectivity index (χ2v) is 12.1. The van der Waals surface area contributed by atoms with Crippen molar-refractivity contribution in [2.75, 3.05) is 22.7 Å². The summed E-state index contributed by atoms with van der Waals surface area (Å²) in [5, 5.41) is 5.93. The minimum atomic E-state index is -3.76. The second-order valence-electron chi connectivity index (χ2n) is 8.70. The molecule has 0 radical (unpaired) electrons. The Hall–Kier alpha value is -2.39. The van der Waals surface area contributed by atoms with Crippen LogP contribution in [0.5, 0.6) is 0 Å². The summed E-state index contributed by atoms with van der Waals surface area (Å²) >= 11 is 7.37. The molecule has 2 unspecified atom stereocenters. The number of halogens is 1. The SMILES string of the molecule is Cc1c(S(=O)(=O)Nc2ccc3nccc(N4CC(C)NC(C)C4)c3c2)sc2ccc(Cl)cc12. The topological polar surface area (TPSA) is 74.3 Å². The first-order valence-electron chi connectivity index (χ1n) is 10.8. The predicted octanol–water partition coefficient (Wildman–Crippen LogP) is 5.40. The maximum absolute atomic E-state index is 13.3. The Balaban J connectivity index is 1.52. The van der Waals surface area contributed by atoms with Gasteiger partial charge in [-0.15, -0.1) is 11.3 Å². The molecule has 5 rings (SSSR count). The third-order valence-corrected chi connectivity index (χ3v) is 9.48. The van der Waals surface area contributed by atoms with Gasteiger partial charge in [-0.05, 0) is 74.2 Å². The number of nitrogens with zero attached hydrogens (tertiary/aromatic N) is 2. The maximum Gasteiger partial charge on any atom is 0.271 e. The first-order valence-corrected chi connectivity index (χ1v) is 13.5. The fourth-order valence-electron chi connectivity index (χ4n) is 4.62. The largest absolute Gasteiger partial charge is 0.368 e. The minimum absolute atomic E-state index is 0.302. The van der Waals surface area contributed by atoms with E-state index < -0.39 is 10.0 Å². The third-order valence-electron chi connectivity index (χ3n) is 5.97. The highest BCUT2D eigenvalue weighted by molar-refractivity contribution is 7.94. The number of hydrogen-bond acceptors (Lipinski definition) is 6. The van der Waals surface area contributed by atoms with E-state index in [-0.39, 0.29) is 0 Å². The Bertz CT molecular complexity index is 1460. The highest BCUT2D eigenvalue weighted by Gasteiger charge is 2.24. The number of sulfonamides is 1. The highest BCUT2D eigenvalue weighted by Crippen LogP contribution is 2.37. The molecule has 1 saturated heterocycles. The van der Waals surface area contributed by atoms with Crippen molar-refractivity contribution >= 4 is 65.3 Å². The van der Waals surface area contributed by atoms with Crippen LogP contribution in [0.2, 0.25) is 5.02 Å². The quantitative estimate of drug-likeness (QED) is 0.392. The van der Waals surface area contributed by atoms with E-state index in [0.29, 0.717) is 32.6 Å². The fourth-order valence-corrected chi connectivity index (χ4v) is 7.59. The van der Waals surface area contributed by atoms with Crippen molar-refractivity contribution in [2.45, 2.75) is 37.1 Å². The van der Waals surface area contributed by atoms with E-state index in [1.165, 1.54) is 11.3 Å². The Morgan fingerprint density at radius 1 is 1.09 bits per heavy atom. The van der Waals surface area contributed by atoms with Crippen LogP contribution in [0.15, 0.2) is 52.9 Å². The number of fused-ring (bicyclic) bond motifs is 2. The van der Waals surface area contributed by atoms with Gasteiger partial charge in [0.15, 0.2) is 0 Å². The van der Waals surface area contributed by atoms with E-state index >= 15 is 0 Å². The molecule has 9 heteroatoms. The van der Waals surface area contributed by atoms with Crippen molar-refractivity contribution in [3.8, 4) is 0 Å². The molecule has 2 N–H and O–H groups in total. The minimum Gasteiger partial charge on any atom is -0.368 e. The van der Waals surface area contributed by atoms with Crippen molar-refractivity contribution in [1.82, 2.24) is 10.3 Å². The van der Waals surface area contributed by atoms with Crippen LogP contribution in [-0.4, -0.2) is 38.6 Å². The van der Waals surface area contributed by atoms with Gasteiger partial charge >= 0.3 is 0 Å². The van der Waals surface area contributed by atoms with Gasteiger partial charge in [0.05, 0.1) is 5.52 Å². The molecule has 4 aromatic rings. The van der Waals surface area contributed by atoms with Gasteiger partial charge in [-0.1, -0.05) is 11.6 Å². The number of aromatic nitrogens is 1. The number of rotatable bonds is 4. The molecule has 0 amide bonds. The zero-order chi connectivity index (χ0) is 23.3. The molecule has 0 bridgehead atoms. The molecule has 0 spiro atoms. The number of benzene rings is 2. The van der Waals surface area contributed by atoms with Crippen molar-refractivity contribution in [2.24, 2.45) is 0 Å². The van der Waals surface area contributed by atoms with Crippen LogP contribution in [0.3, 0.4) is 0 Å². The first kappa shape index (κ1) is 22.4. The van der Waals surface area contributed by atoms with E-state index in [2.05, 4.69) is 33.8 Å². The molecule has 172 valence electrons. The van der Waals surface area contributed by atoms with E-state index in [4.69, 9.17) is 11.6 Å². The fraction of sp³-hybridized carbons (Fsp3) is 0.292. The van der Waals surface area contributed by atoms with Gasteiger partial charge in [0, 0.05) is 57.9 Å². The zero-order valence-corrected chi connectivity index (χ0v) is 21.0. The average Bonchev–Trinajstić information content (AvgIpc) is 3.09. The van der Waals surface area contributed by atoms with E-state index in [1.807, 2.05) is 43.5 Å². The molecule has 1 fully saturated rings. The van der Waals surface area contributed by atoms with Crippen LogP contribution in [0.25, 0.3) is 21.0 Å². The van der Waals surface area contributed by atoms with Gasteiger partial charge in [0.1, 0.15) is 4.21 Å². The summed E-state index contributed by atoms with van der Waals surface area (Å²) < 4.78 is 30.6. The second kappa shape index (κ2) is 8.43. The zero-order valence-electron chi connectivity index (χ0n) is 18.6. The van der Waals surface area contributed by atoms with Gasteiger partial charge in [0.2, 0.25) is 0 Å². The lowest BCUT2D eigenvalue weighted by Gasteiger charge is -2.38. The average molecular weight is 501 g/mol. The maximum atomic E-state index is 13.3. The van der Waals surface area contributed by atoms with Gasteiger partial charge in [-0.25, -0.2) is 8.42 Å². The summed E-state index contributed by atoms with van der Waals surface area (Å²) in [5.41, 5.74) is 3.12. The Labute approximate surface area is 202 Å². The molecule has 6 nitrogen and oxygen atoms in total. The normalized spacial score (nSPS) is 19.3. The number of aryl methyl sites for hydroxylation is 1. The van der Waals surface area contributed by atoms with Crippen molar-refractivity contribution in [3.63, 3.8) is 0 Å². The smallest absolute Gasteiger partial charge is 0.271 e. The Morgan fingerprint density at radius 3 is 2.61 bits per heavy atom. The molecule has 2 aromatic heterocycles. The molecular weight excluding hydrogens is 476 g/mol. The number of hydrogen-bond donors (Lipinski definition) is 2. The van der Waals surface area contributed by atoms with Crippen LogP contribution in [0.4, 0.5) is 11.4 Å². The molecule has 1 aliphatic rings. The summed E-state index contributed by atoms with van der Waals surface area (Å²) in [4.78, 5) is 6.83. The molecule has 0 saturated carbocycles.